The van der Waals surface area contributed by atoms with Crippen LogP contribution in [-0.4, -0.2) is 33.5 Å². The molecule has 0 aliphatic heterocycles. The highest BCUT2D eigenvalue weighted by atomic mass is 16.4. The smallest absolute Gasteiger partial charge is 0.305 e. The number of aliphatic hydroxyl groups is 2. The van der Waals surface area contributed by atoms with E-state index in [9.17, 15) is 15.0 Å². The second-order valence-corrected chi connectivity index (χ2v) is 5.04. The van der Waals surface area contributed by atoms with Gasteiger partial charge in [-0.25, -0.2) is 0 Å². The summed E-state index contributed by atoms with van der Waals surface area (Å²) in [4.78, 5) is 10.3. The Morgan fingerprint density at radius 2 is 1.39 bits per heavy atom. The van der Waals surface area contributed by atoms with E-state index >= 15 is 0 Å². The van der Waals surface area contributed by atoms with Gasteiger partial charge in [-0.1, -0.05) is 45.4 Å². The van der Waals surface area contributed by atoms with Crippen molar-refractivity contribution in [2.75, 3.05) is 0 Å². The first-order valence-corrected chi connectivity index (χ1v) is 7.14. The van der Waals surface area contributed by atoms with Gasteiger partial charge in [-0.15, -0.1) is 0 Å². The molecule has 2 unspecified atom stereocenters. The Bertz CT molecular complexity index is 206. The summed E-state index contributed by atoms with van der Waals surface area (Å²) in [6, 6.07) is 0. The van der Waals surface area contributed by atoms with Gasteiger partial charge >= 0.3 is 5.97 Å². The van der Waals surface area contributed by atoms with E-state index in [-0.39, 0.29) is 12.5 Å². The Kier molecular flexibility index (Phi) is 11.1. The molecule has 108 valence electrons. The number of rotatable bonds is 12. The highest BCUT2D eigenvalue weighted by Crippen LogP contribution is 2.12. The van der Waals surface area contributed by atoms with Crippen molar-refractivity contribution in [3.05, 3.63) is 0 Å². The molecule has 0 bridgehead atoms. The molecule has 0 amide bonds. The lowest BCUT2D eigenvalue weighted by Gasteiger charge is -2.09. The molecule has 0 aliphatic rings. The lowest BCUT2D eigenvalue weighted by Crippen LogP contribution is -2.12. The molecular formula is C14H28O4. The predicted molar refractivity (Wildman–Crippen MR) is 71.5 cm³/mol. The van der Waals surface area contributed by atoms with Crippen LogP contribution in [-0.2, 0) is 4.79 Å². The third kappa shape index (κ3) is 11.9. The lowest BCUT2D eigenvalue weighted by molar-refractivity contribution is -0.139. The Morgan fingerprint density at radius 3 is 1.89 bits per heavy atom. The van der Waals surface area contributed by atoms with Gasteiger partial charge in [0.25, 0.3) is 0 Å². The monoisotopic (exact) mass is 260 g/mol. The average molecular weight is 260 g/mol. The second-order valence-electron chi connectivity index (χ2n) is 5.04. The van der Waals surface area contributed by atoms with Gasteiger partial charge in [-0.3, -0.25) is 4.79 Å². The number of unbranched alkanes of at least 4 members (excludes halogenated alkanes) is 4. The Hall–Kier alpha value is -0.610. The maximum atomic E-state index is 10.3. The summed E-state index contributed by atoms with van der Waals surface area (Å²) in [5.41, 5.74) is 0. The van der Waals surface area contributed by atoms with Gasteiger partial charge in [0.1, 0.15) is 0 Å². The zero-order chi connectivity index (χ0) is 13.8. The Morgan fingerprint density at radius 1 is 0.889 bits per heavy atom. The van der Waals surface area contributed by atoms with E-state index in [0.29, 0.717) is 6.42 Å². The number of aliphatic hydroxyl groups excluding tert-OH is 2. The van der Waals surface area contributed by atoms with Crippen LogP contribution in [0.2, 0.25) is 0 Å². The largest absolute Gasteiger partial charge is 0.481 e. The molecule has 2 atom stereocenters. The highest BCUT2D eigenvalue weighted by molar-refractivity contribution is 5.67. The van der Waals surface area contributed by atoms with Gasteiger partial charge in [0.05, 0.1) is 18.6 Å². The maximum absolute atomic E-state index is 10.3. The van der Waals surface area contributed by atoms with Gasteiger partial charge < -0.3 is 15.3 Å². The molecule has 0 aliphatic carbocycles. The van der Waals surface area contributed by atoms with Crippen LogP contribution in [0.5, 0.6) is 0 Å². The summed E-state index contributed by atoms with van der Waals surface area (Å²) in [5, 5.41) is 27.3. The van der Waals surface area contributed by atoms with Gasteiger partial charge in [-0.2, -0.15) is 0 Å². The van der Waals surface area contributed by atoms with Crippen molar-refractivity contribution in [1.82, 2.24) is 0 Å². The van der Waals surface area contributed by atoms with Crippen LogP contribution in [0.3, 0.4) is 0 Å². The molecule has 0 aromatic rings. The van der Waals surface area contributed by atoms with Crippen molar-refractivity contribution < 1.29 is 20.1 Å². The van der Waals surface area contributed by atoms with Crippen molar-refractivity contribution in [2.45, 2.75) is 83.3 Å². The van der Waals surface area contributed by atoms with E-state index in [1.165, 1.54) is 0 Å². The van der Waals surface area contributed by atoms with Gasteiger partial charge in [0.2, 0.25) is 0 Å². The molecule has 0 aromatic heterocycles. The third-order valence-corrected chi connectivity index (χ3v) is 3.11. The van der Waals surface area contributed by atoms with Gasteiger partial charge in [0.15, 0.2) is 0 Å². The van der Waals surface area contributed by atoms with Crippen molar-refractivity contribution in [3.63, 3.8) is 0 Å². The topological polar surface area (TPSA) is 77.8 Å². The quantitative estimate of drug-likeness (QED) is 0.471. The highest BCUT2D eigenvalue weighted by Gasteiger charge is 2.08. The minimum atomic E-state index is -0.938. The van der Waals surface area contributed by atoms with Crippen LogP contribution in [0, 0.1) is 0 Å². The molecule has 0 radical (unpaired) electrons. The fraction of sp³-hybridized carbons (Fsp3) is 0.929. The number of carboxylic acid groups (broad SMARTS) is 1. The molecule has 0 heterocycles. The van der Waals surface area contributed by atoms with Crippen molar-refractivity contribution in [2.24, 2.45) is 0 Å². The van der Waals surface area contributed by atoms with Crippen LogP contribution >= 0.6 is 0 Å². The first-order chi connectivity index (χ1) is 8.56. The molecule has 0 saturated carbocycles. The zero-order valence-electron chi connectivity index (χ0n) is 11.5. The minimum absolute atomic E-state index is 0.146. The molecule has 4 nitrogen and oxygen atoms in total. The van der Waals surface area contributed by atoms with Crippen LogP contribution < -0.4 is 0 Å². The van der Waals surface area contributed by atoms with E-state index in [4.69, 9.17) is 5.11 Å². The molecular weight excluding hydrogens is 232 g/mol. The van der Waals surface area contributed by atoms with Crippen LogP contribution in [0.4, 0.5) is 0 Å². The van der Waals surface area contributed by atoms with Crippen LogP contribution in [0.15, 0.2) is 0 Å². The summed E-state index contributed by atoms with van der Waals surface area (Å²) < 4.78 is 0. The van der Waals surface area contributed by atoms with E-state index in [1.807, 2.05) is 0 Å². The Balaban J connectivity index is 3.23. The first kappa shape index (κ1) is 17.4. The summed E-state index contributed by atoms with van der Waals surface area (Å²) in [6.45, 7) is 2.08. The molecule has 0 aromatic carbocycles. The van der Waals surface area contributed by atoms with E-state index in [1.54, 1.807) is 0 Å². The van der Waals surface area contributed by atoms with Crippen LogP contribution in [0.25, 0.3) is 0 Å². The second kappa shape index (κ2) is 11.5. The van der Waals surface area contributed by atoms with E-state index in [2.05, 4.69) is 6.92 Å². The summed E-state index contributed by atoms with van der Waals surface area (Å²) in [6.07, 6.45) is 7.55. The average Bonchev–Trinajstić information content (AvgIpc) is 2.27. The normalized spacial score (nSPS) is 14.4. The molecule has 4 heteroatoms. The molecule has 0 saturated heterocycles. The predicted octanol–water partition coefficient (Wildman–Crippen LogP) is 2.71. The number of carboxylic acids is 1. The van der Waals surface area contributed by atoms with E-state index in [0.717, 1.165) is 51.4 Å². The zero-order valence-corrected chi connectivity index (χ0v) is 11.5. The van der Waals surface area contributed by atoms with Crippen molar-refractivity contribution >= 4 is 5.97 Å². The fourth-order valence-corrected chi connectivity index (χ4v) is 2.07. The summed E-state index contributed by atoms with van der Waals surface area (Å²) in [7, 11) is 0. The van der Waals surface area contributed by atoms with E-state index < -0.39 is 12.1 Å². The molecule has 3 N–H and O–H groups in total. The van der Waals surface area contributed by atoms with Crippen LogP contribution in [0.1, 0.15) is 71.1 Å². The third-order valence-electron chi connectivity index (χ3n) is 3.11. The SMILES string of the molecule is CCCC(O)CCCCCCCC(O)CC(=O)O. The molecule has 0 rings (SSSR count). The molecule has 0 fully saturated rings. The lowest BCUT2D eigenvalue weighted by atomic mass is 10.0. The van der Waals surface area contributed by atoms with Gasteiger partial charge in [0, 0.05) is 0 Å². The summed E-state index contributed by atoms with van der Waals surface area (Å²) >= 11 is 0. The fourth-order valence-electron chi connectivity index (χ4n) is 2.07. The summed E-state index contributed by atoms with van der Waals surface area (Å²) in [5.74, 6) is -0.938. The Labute approximate surface area is 110 Å². The van der Waals surface area contributed by atoms with Crippen molar-refractivity contribution in [1.29, 1.82) is 0 Å². The number of hydrogen-bond donors (Lipinski definition) is 3. The minimum Gasteiger partial charge on any atom is -0.481 e. The van der Waals surface area contributed by atoms with Gasteiger partial charge in [-0.05, 0) is 19.3 Å². The molecule has 0 spiro atoms. The standard InChI is InChI=1S/C14H28O4/c1-2-8-12(15)9-6-4-3-5-7-10-13(16)11-14(17)18/h12-13,15-16H,2-11H2,1H3,(H,17,18). The number of carbonyl (C=O) groups is 1. The maximum Gasteiger partial charge on any atom is 0.305 e. The number of hydrogen-bond acceptors (Lipinski definition) is 3. The number of aliphatic carboxylic acids is 1. The first-order valence-electron chi connectivity index (χ1n) is 7.14. The molecule has 18 heavy (non-hydrogen) atoms. The van der Waals surface area contributed by atoms with Crippen molar-refractivity contribution in [3.8, 4) is 0 Å².